The van der Waals surface area contributed by atoms with Gasteiger partial charge in [-0.25, -0.2) is 13.1 Å². The minimum Gasteiger partial charge on any atom is -0.461 e. The van der Waals surface area contributed by atoms with Crippen molar-refractivity contribution >= 4 is 15.7 Å². The van der Waals surface area contributed by atoms with Crippen LogP contribution in [0.25, 0.3) is 11.6 Å². The second kappa shape index (κ2) is 6.58. The lowest BCUT2D eigenvalue weighted by Crippen LogP contribution is -2.24. The Balaban J connectivity index is 1.58. The van der Waals surface area contributed by atoms with Crippen LogP contribution in [0.15, 0.2) is 50.4 Å². The van der Waals surface area contributed by atoms with Gasteiger partial charge in [0.25, 0.3) is 0 Å². The summed E-state index contributed by atoms with van der Waals surface area (Å²) in [5.41, 5.74) is 1.98. The molecule has 4 rings (SSSR count). The SMILES string of the molecule is CCNS(=O)(=O)c1ccc2c(c1)N(Cc1nc(-c3ccco3)no1)CC2. The first-order valence-corrected chi connectivity index (χ1v) is 9.79. The summed E-state index contributed by atoms with van der Waals surface area (Å²) in [4.78, 5) is 6.64. The van der Waals surface area contributed by atoms with Crippen LogP contribution in [0.5, 0.6) is 0 Å². The van der Waals surface area contributed by atoms with Gasteiger partial charge >= 0.3 is 0 Å². The summed E-state index contributed by atoms with van der Waals surface area (Å²) < 4.78 is 37.6. The van der Waals surface area contributed by atoms with Gasteiger partial charge in [0.15, 0.2) is 5.76 Å². The number of benzene rings is 1. The number of fused-ring (bicyclic) bond motifs is 1. The van der Waals surface area contributed by atoms with E-state index in [1.807, 2.05) is 11.0 Å². The molecule has 0 spiro atoms. The Bertz CT molecular complexity index is 1010. The molecule has 3 aromatic rings. The lowest BCUT2D eigenvalue weighted by atomic mass is 10.2. The average Bonchev–Trinajstić information content (AvgIpc) is 3.35. The van der Waals surface area contributed by atoms with Crippen molar-refractivity contribution in [3.8, 4) is 11.6 Å². The van der Waals surface area contributed by atoms with E-state index in [9.17, 15) is 8.42 Å². The number of anilines is 1. The van der Waals surface area contributed by atoms with Crippen LogP contribution < -0.4 is 9.62 Å². The van der Waals surface area contributed by atoms with Crippen LogP contribution in [0.4, 0.5) is 5.69 Å². The molecule has 1 aliphatic heterocycles. The van der Waals surface area contributed by atoms with E-state index in [-0.39, 0.29) is 4.90 Å². The molecule has 0 fully saturated rings. The minimum atomic E-state index is -3.49. The monoisotopic (exact) mass is 374 g/mol. The summed E-state index contributed by atoms with van der Waals surface area (Å²) in [6.45, 7) is 3.27. The third kappa shape index (κ3) is 3.11. The Kier molecular flexibility index (Phi) is 4.25. The van der Waals surface area contributed by atoms with Gasteiger partial charge in [0.2, 0.25) is 21.7 Å². The van der Waals surface area contributed by atoms with Crippen LogP contribution in [0, 0.1) is 0 Å². The predicted molar refractivity (Wildman–Crippen MR) is 94.1 cm³/mol. The van der Waals surface area contributed by atoms with Gasteiger partial charge in [-0.2, -0.15) is 4.98 Å². The number of nitrogens with one attached hydrogen (secondary N) is 1. The van der Waals surface area contributed by atoms with E-state index in [1.165, 1.54) is 0 Å². The predicted octanol–water partition coefficient (Wildman–Crippen LogP) is 2.19. The highest BCUT2D eigenvalue weighted by Gasteiger charge is 2.24. The molecule has 1 aromatic carbocycles. The summed E-state index contributed by atoms with van der Waals surface area (Å²) in [6.07, 6.45) is 2.39. The van der Waals surface area contributed by atoms with E-state index < -0.39 is 10.0 Å². The smallest absolute Gasteiger partial charge is 0.246 e. The molecule has 1 aliphatic rings. The Hall–Kier alpha value is -2.65. The largest absolute Gasteiger partial charge is 0.461 e. The van der Waals surface area contributed by atoms with Crippen molar-refractivity contribution in [2.75, 3.05) is 18.0 Å². The molecule has 0 amide bonds. The Morgan fingerprint density at radius 3 is 2.96 bits per heavy atom. The number of nitrogens with zero attached hydrogens (tertiary/aromatic N) is 3. The maximum atomic E-state index is 12.3. The molecular formula is C17H18N4O4S. The van der Waals surface area contributed by atoms with E-state index >= 15 is 0 Å². The van der Waals surface area contributed by atoms with E-state index in [4.69, 9.17) is 8.94 Å². The lowest BCUT2D eigenvalue weighted by molar-refractivity contribution is 0.376. The topological polar surface area (TPSA) is 101 Å². The Labute approximate surface area is 150 Å². The van der Waals surface area contributed by atoms with Gasteiger partial charge in [0.05, 0.1) is 17.7 Å². The van der Waals surface area contributed by atoms with E-state index in [1.54, 1.807) is 37.5 Å². The summed E-state index contributed by atoms with van der Waals surface area (Å²) in [5.74, 6) is 1.39. The standard InChI is InChI=1S/C17H18N4O4S/c1-2-18-26(22,23)13-6-5-12-7-8-21(14(12)10-13)11-16-19-17(20-25-16)15-4-3-9-24-15/h3-6,9-10,18H,2,7-8,11H2,1H3. The van der Waals surface area contributed by atoms with E-state index in [0.29, 0.717) is 30.6 Å². The summed E-state index contributed by atoms with van der Waals surface area (Å²) >= 11 is 0. The molecular weight excluding hydrogens is 356 g/mol. The van der Waals surface area contributed by atoms with Crippen LogP contribution in [0.1, 0.15) is 18.4 Å². The van der Waals surface area contributed by atoms with Gasteiger partial charge in [-0.1, -0.05) is 18.1 Å². The molecule has 1 N–H and O–H groups in total. The lowest BCUT2D eigenvalue weighted by Gasteiger charge is -2.17. The highest BCUT2D eigenvalue weighted by molar-refractivity contribution is 7.89. The maximum Gasteiger partial charge on any atom is 0.246 e. The van der Waals surface area contributed by atoms with Gasteiger partial charge in [0.1, 0.15) is 0 Å². The molecule has 0 saturated carbocycles. The Morgan fingerprint density at radius 2 is 2.19 bits per heavy atom. The van der Waals surface area contributed by atoms with Crippen molar-refractivity contribution in [3.63, 3.8) is 0 Å². The van der Waals surface area contributed by atoms with Gasteiger partial charge in [-0.05, 0) is 36.2 Å². The molecule has 0 bridgehead atoms. The van der Waals surface area contributed by atoms with Crippen LogP contribution in [0.2, 0.25) is 0 Å². The molecule has 9 heteroatoms. The zero-order valence-corrected chi connectivity index (χ0v) is 15.0. The molecule has 0 radical (unpaired) electrons. The van der Waals surface area contributed by atoms with Crippen LogP contribution >= 0.6 is 0 Å². The van der Waals surface area contributed by atoms with Crippen LogP contribution in [-0.2, 0) is 23.0 Å². The first-order valence-electron chi connectivity index (χ1n) is 8.31. The van der Waals surface area contributed by atoms with Crippen LogP contribution in [0.3, 0.4) is 0 Å². The molecule has 136 valence electrons. The quantitative estimate of drug-likeness (QED) is 0.705. The first-order chi connectivity index (χ1) is 12.6. The van der Waals surface area contributed by atoms with Crippen molar-refractivity contribution < 1.29 is 17.4 Å². The van der Waals surface area contributed by atoms with E-state index in [0.717, 1.165) is 24.2 Å². The van der Waals surface area contributed by atoms with Gasteiger partial charge in [0, 0.05) is 18.8 Å². The third-order valence-electron chi connectivity index (χ3n) is 4.23. The second-order valence-corrected chi connectivity index (χ2v) is 7.72. The van der Waals surface area contributed by atoms with Crippen molar-refractivity contribution in [1.82, 2.24) is 14.9 Å². The van der Waals surface area contributed by atoms with Crippen molar-refractivity contribution in [1.29, 1.82) is 0 Å². The molecule has 2 aromatic heterocycles. The van der Waals surface area contributed by atoms with Crippen molar-refractivity contribution in [2.24, 2.45) is 0 Å². The molecule has 0 atom stereocenters. The average molecular weight is 374 g/mol. The number of rotatable bonds is 6. The van der Waals surface area contributed by atoms with Crippen molar-refractivity contribution in [2.45, 2.75) is 24.8 Å². The number of hydrogen-bond acceptors (Lipinski definition) is 7. The van der Waals surface area contributed by atoms with E-state index in [2.05, 4.69) is 14.9 Å². The fraction of sp³-hybridized carbons (Fsp3) is 0.294. The number of furan rings is 1. The fourth-order valence-corrected chi connectivity index (χ4v) is 4.08. The zero-order valence-electron chi connectivity index (χ0n) is 14.2. The maximum absolute atomic E-state index is 12.3. The van der Waals surface area contributed by atoms with Gasteiger partial charge in [-0.15, -0.1) is 0 Å². The van der Waals surface area contributed by atoms with Gasteiger partial charge < -0.3 is 13.8 Å². The van der Waals surface area contributed by atoms with Crippen LogP contribution in [-0.4, -0.2) is 31.6 Å². The summed E-state index contributed by atoms with van der Waals surface area (Å²) in [6, 6.07) is 8.72. The molecule has 0 saturated heterocycles. The molecule has 0 unspecified atom stereocenters. The second-order valence-electron chi connectivity index (χ2n) is 5.95. The third-order valence-corrected chi connectivity index (χ3v) is 5.77. The molecule has 0 aliphatic carbocycles. The Morgan fingerprint density at radius 1 is 1.31 bits per heavy atom. The number of hydrogen-bond donors (Lipinski definition) is 1. The molecule has 8 nitrogen and oxygen atoms in total. The first kappa shape index (κ1) is 16.8. The molecule has 26 heavy (non-hydrogen) atoms. The van der Waals surface area contributed by atoms with Crippen molar-refractivity contribution in [3.05, 3.63) is 48.0 Å². The normalized spacial score (nSPS) is 14.0. The number of sulfonamides is 1. The summed E-state index contributed by atoms with van der Waals surface area (Å²) in [5, 5.41) is 3.93. The fourth-order valence-electron chi connectivity index (χ4n) is 3.02. The highest BCUT2D eigenvalue weighted by atomic mass is 32.2. The molecule has 3 heterocycles. The number of aromatic nitrogens is 2. The zero-order chi connectivity index (χ0) is 18.1. The highest BCUT2D eigenvalue weighted by Crippen LogP contribution is 2.31. The minimum absolute atomic E-state index is 0.256. The summed E-state index contributed by atoms with van der Waals surface area (Å²) in [7, 11) is -3.49. The van der Waals surface area contributed by atoms with Gasteiger partial charge in [-0.3, -0.25) is 0 Å².